The average molecular weight is 159 g/mol. The van der Waals surface area contributed by atoms with Crippen molar-refractivity contribution >= 4 is 12.3 Å². The Labute approximate surface area is 66.2 Å². The highest BCUT2D eigenvalue weighted by Gasteiger charge is 1.92. The summed E-state index contributed by atoms with van der Waals surface area (Å²) >= 11 is 0. The van der Waals surface area contributed by atoms with E-state index in [2.05, 4.69) is 9.73 Å². The van der Waals surface area contributed by atoms with Gasteiger partial charge < -0.3 is 9.47 Å². The van der Waals surface area contributed by atoms with Crippen molar-refractivity contribution in [3.8, 4) is 0 Å². The van der Waals surface area contributed by atoms with Crippen LogP contribution >= 0.6 is 0 Å². The topological polar surface area (TPSA) is 47.9 Å². The number of rotatable bonds is 4. The van der Waals surface area contributed by atoms with Crippen LogP contribution < -0.4 is 0 Å². The number of amides is 1. The molecule has 0 rings (SSSR count). The van der Waals surface area contributed by atoms with Crippen molar-refractivity contribution in [1.82, 2.24) is 0 Å². The molecule has 0 saturated heterocycles. The van der Waals surface area contributed by atoms with Gasteiger partial charge in [-0.15, -0.1) is 0 Å². The molecule has 4 heteroatoms. The third-order valence-electron chi connectivity index (χ3n) is 0.861. The van der Waals surface area contributed by atoms with Gasteiger partial charge in [-0.3, -0.25) is 0 Å². The number of carbonyl (C=O) groups excluding carboxylic acids is 1. The molecule has 4 nitrogen and oxygen atoms in total. The molecule has 0 fully saturated rings. The van der Waals surface area contributed by atoms with E-state index in [4.69, 9.17) is 4.74 Å². The van der Waals surface area contributed by atoms with Crippen LogP contribution in [0, 0.1) is 0 Å². The highest BCUT2D eigenvalue weighted by atomic mass is 16.5. The van der Waals surface area contributed by atoms with Crippen LogP contribution in [0.25, 0.3) is 0 Å². The molecular formula is C7H13NO3. The van der Waals surface area contributed by atoms with E-state index in [9.17, 15) is 4.79 Å². The maximum atomic E-state index is 10.5. The smallest absolute Gasteiger partial charge is 0.433 e. The van der Waals surface area contributed by atoms with Crippen molar-refractivity contribution in [2.75, 3.05) is 19.8 Å². The minimum Gasteiger partial charge on any atom is -0.448 e. The maximum absolute atomic E-state index is 10.5. The summed E-state index contributed by atoms with van der Waals surface area (Å²) in [7, 11) is 0. The van der Waals surface area contributed by atoms with E-state index in [-0.39, 0.29) is 0 Å². The summed E-state index contributed by atoms with van der Waals surface area (Å²) in [6.07, 6.45) is 0.828. The molecule has 0 aliphatic rings. The summed E-state index contributed by atoms with van der Waals surface area (Å²) in [6, 6.07) is 0. The van der Waals surface area contributed by atoms with E-state index in [1.54, 1.807) is 6.92 Å². The molecule has 0 atom stereocenters. The molecule has 0 aromatic heterocycles. The molecular weight excluding hydrogens is 146 g/mol. The molecule has 0 unspecified atom stereocenters. The van der Waals surface area contributed by atoms with Crippen LogP contribution in [0.4, 0.5) is 4.79 Å². The van der Waals surface area contributed by atoms with Crippen LogP contribution in [0.2, 0.25) is 0 Å². The van der Waals surface area contributed by atoms with Crippen LogP contribution in [0.5, 0.6) is 0 Å². The van der Waals surface area contributed by atoms with Gasteiger partial charge in [0.2, 0.25) is 0 Å². The van der Waals surface area contributed by atoms with Gasteiger partial charge in [0.25, 0.3) is 0 Å². The molecule has 0 radical (unpaired) electrons. The summed E-state index contributed by atoms with van der Waals surface area (Å²) in [5, 5.41) is 0. The van der Waals surface area contributed by atoms with Crippen molar-refractivity contribution < 1.29 is 14.3 Å². The number of ether oxygens (including phenoxy) is 2. The maximum Gasteiger partial charge on any atom is 0.433 e. The van der Waals surface area contributed by atoms with Crippen LogP contribution in [-0.2, 0) is 9.47 Å². The predicted octanol–water partition coefficient (Wildman–Crippen LogP) is 1.25. The molecule has 0 aliphatic heterocycles. The highest BCUT2D eigenvalue weighted by Crippen LogP contribution is 1.81. The van der Waals surface area contributed by atoms with Crippen molar-refractivity contribution in [3.63, 3.8) is 0 Å². The van der Waals surface area contributed by atoms with E-state index in [0.29, 0.717) is 19.8 Å². The fourth-order valence-corrected chi connectivity index (χ4v) is 0.443. The van der Waals surface area contributed by atoms with Crippen LogP contribution in [0.1, 0.15) is 13.8 Å². The minimum absolute atomic E-state index is 0.352. The summed E-state index contributed by atoms with van der Waals surface area (Å²) in [5.41, 5.74) is 0. The van der Waals surface area contributed by atoms with E-state index in [0.717, 1.165) is 0 Å². The molecule has 0 aromatic rings. The van der Waals surface area contributed by atoms with E-state index >= 15 is 0 Å². The lowest BCUT2D eigenvalue weighted by Gasteiger charge is -1.94. The van der Waals surface area contributed by atoms with Gasteiger partial charge in [-0.1, -0.05) is 0 Å². The molecule has 0 heterocycles. The molecule has 11 heavy (non-hydrogen) atoms. The van der Waals surface area contributed by atoms with Crippen molar-refractivity contribution in [2.45, 2.75) is 13.8 Å². The monoisotopic (exact) mass is 159 g/mol. The number of nitrogens with zero attached hydrogens (tertiary/aromatic N) is 1. The quantitative estimate of drug-likeness (QED) is 0.458. The summed E-state index contributed by atoms with van der Waals surface area (Å²) in [6.45, 7) is 4.93. The molecule has 0 N–H and O–H groups in total. The Morgan fingerprint density at radius 2 is 2.18 bits per heavy atom. The van der Waals surface area contributed by atoms with Gasteiger partial charge in [0.05, 0.1) is 13.2 Å². The fraction of sp³-hybridized carbons (Fsp3) is 0.714. The van der Waals surface area contributed by atoms with Gasteiger partial charge in [0, 0.05) is 12.8 Å². The lowest BCUT2D eigenvalue weighted by atomic mass is 10.7. The number of hydrogen-bond acceptors (Lipinski definition) is 3. The molecule has 64 valence electrons. The first-order chi connectivity index (χ1) is 5.31. The zero-order chi connectivity index (χ0) is 8.53. The second-order valence-electron chi connectivity index (χ2n) is 1.67. The van der Waals surface area contributed by atoms with E-state index in [1.807, 2.05) is 6.92 Å². The molecule has 0 aliphatic carbocycles. The second kappa shape index (κ2) is 7.21. The van der Waals surface area contributed by atoms with Gasteiger partial charge in [0.15, 0.2) is 0 Å². The summed E-state index contributed by atoms with van der Waals surface area (Å²) < 4.78 is 9.43. The third-order valence-corrected chi connectivity index (χ3v) is 0.861. The van der Waals surface area contributed by atoms with Crippen LogP contribution in [0.15, 0.2) is 4.99 Å². The van der Waals surface area contributed by atoms with Crippen LogP contribution in [0.3, 0.4) is 0 Å². The summed E-state index contributed by atoms with van der Waals surface area (Å²) in [4.78, 5) is 14.0. The number of aliphatic imine (C=N–C) groups is 1. The Morgan fingerprint density at radius 1 is 1.45 bits per heavy atom. The van der Waals surface area contributed by atoms with Gasteiger partial charge in [0.1, 0.15) is 0 Å². The fourth-order valence-electron chi connectivity index (χ4n) is 0.443. The lowest BCUT2D eigenvalue weighted by molar-refractivity contribution is 0.162. The molecule has 0 spiro atoms. The van der Waals surface area contributed by atoms with E-state index in [1.165, 1.54) is 6.21 Å². The van der Waals surface area contributed by atoms with Crippen molar-refractivity contribution in [2.24, 2.45) is 4.99 Å². The number of carbonyl (C=O) groups is 1. The van der Waals surface area contributed by atoms with Gasteiger partial charge in [-0.2, -0.15) is 4.99 Å². The summed E-state index contributed by atoms with van der Waals surface area (Å²) in [5.74, 6) is 0. The molecule has 0 saturated carbocycles. The van der Waals surface area contributed by atoms with Gasteiger partial charge >= 0.3 is 6.09 Å². The average Bonchev–Trinajstić information content (AvgIpc) is 1.99. The van der Waals surface area contributed by atoms with E-state index < -0.39 is 6.09 Å². The molecule has 0 aromatic carbocycles. The number of hydrogen-bond donors (Lipinski definition) is 0. The van der Waals surface area contributed by atoms with Crippen LogP contribution in [-0.4, -0.2) is 32.1 Å². The largest absolute Gasteiger partial charge is 0.448 e. The minimum atomic E-state index is -0.563. The Hall–Kier alpha value is -0.900. The van der Waals surface area contributed by atoms with Gasteiger partial charge in [-0.05, 0) is 13.8 Å². The van der Waals surface area contributed by atoms with Crippen molar-refractivity contribution in [1.29, 1.82) is 0 Å². The Morgan fingerprint density at radius 3 is 2.73 bits per heavy atom. The third kappa shape index (κ3) is 6.99. The zero-order valence-electron chi connectivity index (χ0n) is 6.87. The zero-order valence-corrected chi connectivity index (χ0v) is 6.87. The molecule has 1 amide bonds. The standard InChI is InChI=1S/C7H13NO3/c1-3-10-6-5-8-7(9)11-4-2/h5H,3-4,6H2,1-2H3/b8-5-. The Balaban J connectivity index is 3.32. The first-order valence-corrected chi connectivity index (χ1v) is 3.58. The molecule has 0 bridgehead atoms. The first kappa shape index (κ1) is 10.1. The Bertz CT molecular complexity index is 134. The Kier molecular flexibility index (Phi) is 6.62. The van der Waals surface area contributed by atoms with Gasteiger partial charge in [-0.25, -0.2) is 4.79 Å². The van der Waals surface area contributed by atoms with Crippen molar-refractivity contribution in [3.05, 3.63) is 0 Å². The SMILES string of the molecule is CCOC/C=N\C(=O)OCC. The predicted molar refractivity (Wildman–Crippen MR) is 42.0 cm³/mol. The highest BCUT2D eigenvalue weighted by molar-refractivity contribution is 5.79. The normalized spacial score (nSPS) is 10.4. The second-order valence-corrected chi connectivity index (χ2v) is 1.67. The lowest BCUT2D eigenvalue weighted by Crippen LogP contribution is -2.00. The first-order valence-electron chi connectivity index (χ1n) is 3.58.